The normalized spacial score (nSPS) is 16.1. The first-order valence-corrected chi connectivity index (χ1v) is 9.88. The quantitative estimate of drug-likeness (QED) is 0.678. The van der Waals surface area contributed by atoms with Crippen molar-refractivity contribution in [1.29, 1.82) is 0 Å². The molecule has 0 saturated carbocycles. The molecule has 5 heteroatoms. The van der Waals surface area contributed by atoms with Crippen LogP contribution in [-0.4, -0.2) is 38.2 Å². The number of carbonyl (C=O) groups is 1. The van der Waals surface area contributed by atoms with Gasteiger partial charge in [0.25, 0.3) is 0 Å². The largest absolute Gasteiger partial charge is 0.497 e. The van der Waals surface area contributed by atoms with Gasteiger partial charge in [-0.25, -0.2) is 0 Å². The number of benzene rings is 2. The van der Waals surface area contributed by atoms with Crippen LogP contribution in [-0.2, 0) is 11.2 Å². The molecule has 0 bridgehead atoms. The second-order valence-corrected chi connectivity index (χ2v) is 6.97. The Morgan fingerprint density at radius 2 is 1.71 bits per heavy atom. The summed E-state index contributed by atoms with van der Waals surface area (Å²) < 4.78 is 16.2. The first kappa shape index (κ1) is 20.1. The Morgan fingerprint density at radius 1 is 1.04 bits per heavy atom. The van der Waals surface area contributed by atoms with Gasteiger partial charge in [-0.3, -0.25) is 4.79 Å². The number of rotatable bonds is 8. The third kappa shape index (κ3) is 4.77. The lowest BCUT2D eigenvalue weighted by Gasteiger charge is -2.25. The van der Waals surface area contributed by atoms with Gasteiger partial charge in [-0.2, -0.15) is 0 Å². The lowest BCUT2D eigenvalue weighted by molar-refractivity contribution is -0.132. The van der Waals surface area contributed by atoms with Crippen LogP contribution in [0.3, 0.4) is 0 Å². The number of hydrogen-bond donors (Lipinski definition) is 0. The molecule has 1 fully saturated rings. The molecular formula is C23H29NO4. The van der Waals surface area contributed by atoms with E-state index in [4.69, 9.17) is 14.2 Å². The van der Waals surface area contributed by atoms with E-state index in [2.05, 4.69) is 12.1 Å². The summed E-state index contributed by atoms with van der Waals surface area (Å²) in [5, 5.41) is 0. The van der Waals surface area contributed by atoms with Gasteiger partial charge in [0.15, 0.2) is 0 Å². The Kier molecular flexibility index (Phi) is 6.80. The van der Waals surface area contributed by atoms with Gasteiger partial charge < -0.3 is 19.1 Å². The molecule has 0 aliphatic carbocycles. The molecule has 150 valence electrons. The second kappa shape index (κ2) is 9.49. The number of likely N-dealkylation sites (tertiary alicyclic amines) is 1. The molecular weight excluding hydrogens is 354 g/mol. The average Bonchev–Trinajstić information content (AvgIpc) is 3.22. The first-order chi connectivity index (χ1) is 13.6. The molecule has 1 amide bonds. The van der Waals surface area contributed by atoms with Crippen LogP contribution in [0.25, 0.3) is 0 Å². The number of methoxy groups -OCH3 is 2. The van der Waals surface area contributed by atoms with E-state index in [1.807, 2.05) is 42.2 Å². The lowest BCUT2D eigenvalue weighted by atomic mass is 10.0. The van der Waals surface area contributed by atoms with Gasteiger partial charge in [-0.05, 0) is 61.6 Å². The Balaban J connectivity index is 1.65. The highest BCUT2D eigenvalue weighted by Gasteiger charge is 2.29. The van der Waals surface area contributed by atoms with Gasteiger partial charge in [0.05, 0.1) is 26.9 Å². The molecule has 3 rings (SSSR count). The maximum atomic E-state index is 12.9. The molecule has 0 spiro atoms. The molecule has 2 aromatic rings. The molecule has 0 N–H and O–H groups in total. The van der Waals surface area contributed by atoms with Crippen LogP contribution in [0, 0.1) is 0 Å². The fraction of sp³-hybridized carbons (Fsp3) is 0.435. The van der Waals surface area contributed by atoms with E-state index in [1.165, 1.54) is 5.56 Å². The molecule has 1 atom stereocenters. The standard InChI is InChI=1S/C23H29NO4/c1-4-28-19-10-8-18(9-11-19)22-6-5-13-24(22)23(25)12-7-17-14-20(26-2)16-21(15-17)27-3/h8-11,14-16,22H,4-7,12-13H2,1-3H3. The van der Waals surface area contributed by atoms with Gasteiger partial charge in [-0.1, -0.05) is 12.1 Å². The van der Waals surface area contributed by atoms with Crippen molar-refractivity contribution in [3.05, 3.63) is 53.6 Å². The summed E-state index contributed by atoms with van der Waals surface area (Å²) in [6.45, 7) is 3.45. The monoisotopic (exact) mass is 383 g/mol. The maximum absolute atomic E-state index is 12.9. The predicted molar refractivity (Wildman–Crippen MR) is 109 cm³/mol. The van der Waals surface area contributed by atoms with Crippen LogP contribution in [0.5, 0.6) is 17.2 Å². The summed E-state index contributed by atoms with van der Waals surface area (Å²) in [5.41, 5.74) is 2.22. The number of nitrogens with zero attached hydrogens (tertiary/aromatic N) is 1. The van der Waals surface area contributed by atoms with Crippen molar-refractivity contribution < 1.29 is 19.0 Å². The maximum Gasteiger partial charge on any atom is 0.223 e. The van der Waals surface area contributed by atoms with E-state index in [0.717, 1.165) is 42.2 Å². The van der Waals surface area contributed by atoms with Crippen molar-refractivity contribution in [2.75, 3.05) is 27.4 Å². The molecule has 0 radical (unpaired) electrons. The fourth-order valence-corrected chi connectivity index (χ4v) is 3.77. The van der Waals surface area contributed by atoms with Crippen LogP contribution in [0.2, 0.25) is 0 Å². The summed E-state index contributed by atoms with van der Waals surface area (Å²) in [5.74, 6) is 2.55. The van der Waals surface area contributed by atoms with Crippen LogP contribution in [0.15, 0.2) is 42.5 Å². The summed E-state index contributed by atoms with van der Waals surface area (Å²) in [7, 11) is 3.27. The summed E-state index contributed by atoms with van der Waals surface area (Å²) in [6, 6.07) is 14.1. The van der Waals surface area contributed by atoms with E-state index in [-0.39, 0.29) is 11.9 Å². The molecule has 1 aliphatic heterocycles. The third-order valence-corrected chi connectivity index (χ3v) is 5.19. The average molecular weight is 383 g/mol. The Hall–Kier alpha value is -2.69. The molecule has 1 heterocycles. The van der Waals surface area contributed by atoms with E-state index in [0.29, 0.717) is 19.4 Å². The Morgan fingerprint density at radius 3 is 2.32 bits per heavy atom. The first-order valence-electron chi connectivity index (χ1n) is 9.88. The number of aryl methyl sites for hydroxylation is 1. The van der Waals surface area contributed by atoms with Gasteiger partial charge in [0, 0.05) is 19.0 Å². The highest BCUT2D eigenvalue weighted by molar-refractivity contribution is 5.77. The molecule has 1 unspecified atom stereocenters. The topological polar surface area (TPSA) is 48.0 Å². The third-order valence-electron chi connectivity index (χ3n) is 5.19. The Bertz CT molecular complexity index is 765. The van der Waals surface area contributed by atoms with Crippen molar-refractivity contribution in [2.24, 2.45) is 0 Å². The minimum absolute atomic E-state index is 0.156. The van der Waals surface area contributed by atoms with Crippen molar-refractivity contribution in [2.45, 2.75) is 38.6 Å². The highest BCUT2D eigenvalue weighted by Crippen LogP contribution is 2.33. The zero-order valence-electron chi connectivity index (χ0n) is 16.9. The molecule has 0 aromatic heterocycles. The van der Waals surface area contributed by atoms with Crippen LogP contribution >= 0.6 is 0 Å². The minimum atomic E-state index is 0.156. The van der Waals surface area contributed by atoms with E-state index >= 15 is 0 Å². The zero-order valence-corrected chi connectivity index (χ0v) is 16.9. The molecule has 1 saturated heterocycles. The minimum Gasteiger partial charge on any atom is -0.497 e. The number of hydrogen-bond acceptors (Lipinski definition) is 4. The van der Waals surface area contributed by atoms with Crippen LogP contribution < -0.4 is 14.2 Å². The van der Waals surface area contributed by atoms with Crippen LogP contribution in [0.4, 0.5) is 0 Å². The van der Waals surface area contributed by atoms with E-state index in [1.54, 1.807) is 14.2 Å². The van der Waals surface area contributed by atoms with Gasteiger partial charge in [0.2, 0.25) is 5.91 Å². The predicted octanol–water partition coefficient (Wildman–Crippen LogP) is 4.40. The van der Waals surface area contributed by atoms with Gasteiger partial charge >= 0.3 is 0 Å². The zero-order chi connectivity index (χ0) is 19.9. The Labute approximate surface area is 167 Å². The van der Waals surface area contributed by atoms with E-state index < -0.39 is 0 Å². The van der Waals surface area contributed by atoms with Gasteiger partial charge in [-0.15, -0.1) is 0 Å². The van der Waals surface area contributed by atoms with Gasteiger partial charge in [0.1, 0.15) is 17.2 Å². The number of carbonyl (C=O) groups excluding carboxylic acids is 1. The molecule has 2 aromatic carbocycles. The summed E-state index contributed by atoms with van der Waals surface area (Å²) >= 11 is 0. The van der Waals surface area contributed by atoms with E-state index in [9.17, 15) is 4.79 Å². The van der Waals surface area contributed by atoms with Crippen molar-refractivity contribution in [3.63, 3.8) is 0 Å². The lowest BCUT2D eigenvalue weighted by Crippen LogP contribution is -2.30. The second-order valence-electron chi connectivity index (χ2n) is 6.97. The van der Waals surface area contributed by atoms with Crippen molar-refractivity contribution in [1.82, 2.24) is 4.90 Å². The molecule has 1 aliphatic rings. The fourth-order valence-electron chi connectivity index (χ4n) is 3.77. The summed E-state index contributed by atoms with van der Waals surface area (Å²) in [6.07, 6.45) is 3.19. The smallest absolute Gasteiger partial charge is 0.223 e. The SMILES string of the molecule is CCOc1ccc(C2CCCN2C(=O)CCc2cc(OC)cc(OC)c2)cc1. The molecule has 5 nitrogen and oxygen atoms in total. The summed E-state index contributed by atoms with van der Waals surface area (Å²) in [4.78, 5) is 14.9. The number of amides is 1. The highest BCUT2D eigenvalue weighted by atomic mass is 16.5. The molecule has 28 heavy (non-hydrogen) atoms. The van der Waals surface area contributed by atoms with Crippen molar-refractivity contribution >= 4 is 5.91 Å². The van der Waals surface area contributed by atoms with Crippen molar-refractivity contribution in [3.8, 4) is 17.2 Å². The van der Waals surface area contributed by atoms with Crippen LogP contribution in [0.1, 0.15) is 43.4 Å². The number of ether oxygens (including phenoxy) is 3.